The van der Waals surface area contributed by atoms with Gasteiger partial charge in [-0.1, -0.05) is 0 Å². The van der Waals surface area contributed by atoms with Gasteiger partial charge < -0.3 is 4.90 Å². The van der Waals surface area contributed by atoms with Crippen LogP contribution in [-0.2, 0) is 19.5 Å². The molecule has 0 bridgehead atoms. The third-order valence-electron chi connectivity index (χ3n) is 4.21. The minimum atomic E-state index is 0. The zero-order valence-electron chi connectivity index (χ0n) is 16.1. The van der Waals surface area contributed by atoms with E-state index in [1.165, 1.54) is 42.7 Å². The molecule has 0 aromatic heterocycles. The molecule has 0 amide bonds. The van der Waals surface area contributed by atoms with Gasteiger partial charge in [0.2, 0.25) is 5.36 Å². The van der Waals surface area contributed by atoms with Crippen molar-refractivity contribution in [3.8, 4) is 10.4 Å². The summed E-state index contributed by atoms with van der Waals surface area (Å²) in [5.41, 5.74) is 5.32. The van der Waals surface area contributed by atoms with Crippen LogP contribution in [0.2, 0.25) is 0 Å². The topological polar surface area (TPSA) is 6.25 Å². The first kappa shape index (κ1) is 27.8. The second-order valence-electron chi connectivity index (χ2n) is 6.38. The van der Waals surface area contributed by atoms with Crippen molar-refractivity contribution in [2.45, 2.75) is 13.8 Å². The van der Waals surface area contributed by atoms with Crippen molar-refractivity contribution in [1.82, 2.24) is 4.58 Å². The standard InChI is InChI=1S/C19H23N2S.3ClH.Zn/c1-12-7-14(20(3)4)9-18-16(12)11-17-13(2)8-15(21(5)6)10-19(17)22-18;;;;/h7-11H,1-6H3;3*1H;/q+1;;;;+2. The van der Waals surface area contributed by atoms with E-state index in [9.17, 15) is 0 Å². The van der Waals surface area contributed by atoms with E-state index < -0.39 is 0 Å². The van der Waals surface area contributed by atoms with Gasteiger partial charge in [0.25, 0.3) is 0 Å². The molecule has 1 heterocycles. The summed E-state index contributed by atoms with van der Waals surface area (Å²) in [5.74, 6) is 0. The van der Waals surface area contributed by atoms with Crippen LogP contribution in [-0.4, -0.2) is 28.2 Å². The number of fused-ring (bicyclic) bond motifs is 2. The molecule has 138 valence electrons. The van der Waals surface area contributed by atoms with E-state index in [0.29, 0.717) is 0 Å². The van der Waals surface area contributed by atoms with Crippen LogP contribution < -0.4 is 14.8 Å². The predicted octanol–water partition coefficient (Wildman–Crippen LogP) is 4.98. The summed E-state index contributed by atoms with van der Waals surface area (Å²) in [4.78, 5) is 3.52. The monoisotopic (exact) mass is 483 g/mol. The van der Waals surface area contributed by atoms with Crippen molar-refractivity contribution >= 4 is 64.3 Å². The van der Waals surface area contributed by atoms with Gasteiger partial charge in [0.05, 0.1) is 0 Å². The van der Waals surface area contributed by atoms with E-state index >= 15 is 0 Å². The second-order valence-corrected chi connectivity index (χ2v) is 7.47. The zero-order chi connectivity index (χ0) is 16.0. The summed E-state index contributed by atoms with van der Waals surface area (Å²) in [6, 6.07) is 11.5. The quantitative estimate of drug-likeness (QED) is 0.267. The van der Waals surface area contributed by atoms with E-state index in [0.717, 1.165) is 0 Å². The van der Waals surface area contributed by atoms with Crippen molar-refractivity contribution in [3.05, 3.63) is 46.8 Å². The Labute approximate surface area is 191 Å². The fourth-order valence-electron chi connectivity index (χ4n) is 2.81. The Balaban J connectivity index is 0. The predicted molar refractivity (Wildman–Crippen MR) is 121 cm³/mol. The van der Waals surface area contributed by atoms with Crippen molar-refractivity contribution < 1.29 is 19.5 Å². The zero-order valence-corrected chi connectivity index (χ0v) is 22.4. The first-order valence-electron chi connectivity index (χ1n) is 7.53. The molecule has 1 aliphatic heterocycles. The molecule has 2 aliphatic rings. The third-order valence-corrected chi connectivity index (χ3v) is 5.32. The Morgan fingerprint density at radius 1 is 0.846 bits per heavy atom. The van der Waals surface area contributed by atoms with Gasteiger partial charge in [0.15, 0.2) is 0 Å². The number of halogens is 3. The molecule has 1 aliphatic carbocycles. The van der Waals surface area contributed by atoms with Gasteiger partial charge in [-0.2, -0.15) is 0 Å². The molecule has 0 saturated carbocycles. The summed E-state index contributed by atoms with van der Waals surface area (Å²) >= 11 is 1.89. The number of aryl methyl sites for hydroxylation is 2. The van der Waals surface area contributed by atoms with Crippen molar-refractivity contribution in [2.75, 3.05) is 33.1 Å². The summed E-state index contributed by atoms with van der Waals surface area (Å²) in [7, 11) is 8.39. The Morgan fingerprint density at radius 3 is 2.00 bits per heavy atom. The van der Waals surface area contributed by atoms with E-state index in [-0.39, 0.29) is 56.7 Å². The molecule has 0 fully saturated rings. The number of hydrogen-bond donors (Lipinski definition) is 0. The summed E-state index contributed by atoms with van der Waals surface area (Å²) in [6.07, 6.45) is 0. The Kier molecular flexibility index (Phi) is 11.6. The maximum atomic E-state index is 2.35. The largest absolute Gasteiger partial charge is 2.00 e. The third kappa shape index (κ3) is 5.33. The molecule has 0 spiro atoms. The fourth-order valence-corrected chi connectivity index (χ4v) is 4.07. The maximum absolute atomic E-state index is 2.35. The molecule has 7 heteroatoms. The normalized spacial score (nSPS) is 9.46. The van der Waals surface area contributed by atoms with Crippen molar-refractivity contribution in [3.63, 3.8) is 0 Å². The number of benzene rings is 2. The van der Waals surface area contributed by atoms with Crippen LogP contribution in [0.3, 0.4) is 0 Å². The molecule has 0 N–H and O–H groups in total. The average Bonchev–Trinajstić information content (AvgIpc) is 2.45. The smallest absolute Gasteiger partial charge is 0.378 e. The van der Waals surface area contributed by atoms with Crippen LogP contribution in [0.4, 0.5) is 5.69 Å². The summed E-state index contributed by atoms with van der Waals surface area (Å²) in [5, 5.41) is 2.63. The minimum absolute atomic E-state index is 0. The van der Waals surface area contributed by atoms with Crippen LogP contribution >= 0.6 is 48.6 Å². The van der Waals surface area contributed by atoms with Gasteiger partial charge in [0, 0.05) is 41.5 Å². The van der Waals surface area contributed by atoms with Crippen LogP contribution in [0.1, 0.15) is 11.1 Å². The molecule has 0 unspecified atom stereocenters. The molecule has 1 aromatic rings. The molecule has 26 heavy (non-hydrogen) atoms. The van der Waals surface area contributed by atoms with Gasteiger partial charge in [-0.25, -0.2) is 4.58 Å². The van der Waals surface area contributed by atoms with Gasteiger partial charge in [-0.05, 0) is 54.1 Å². The van der Waals surface area contributed by atoms with Crippen LogP contribution in [0.25, 0.3) is 20.5 Å². The van der Waals surface area contributed by atoms with Crippen LogP contribution in [0, 0.1) is 13.8 Å². The molecule has 1 aromatic carbocycles. The number of hydrogen-bond acceptors (Lipinski definition) is 2. The average molecular weight is 486 g/mol. The number of anilines is 1. The SMILES string of the molecule is Cc1cc(=[N+](C)C)cc2sc3cc(N(C)C)cc(C)c3cc1-2.Cl.Cl.Cl.[Zn+2]. The molecule has 0 saturated heterocycles. The molecule has 3 rings (SSSR count). The molecule has 0 radical (unpaired) electrons. The molecular weight excluding hydrogens is 460 g/mol. The van der Waals surface area contributed by atoms with E-state index in [1.54, 1.807) is 0 Å². The molecule has 0 atom stereocenters. The fraction of sp³-hybridized carbons (Fsp3) is 0.316. The second kappa shape index (κ2) is 10.8. The Hall–Kier alpha value is -0.377. The first-order valence-corrected chi connectivity index (χ1v) is 8.35. The number of nitrogens with zero attached hydrogens (tertiary/aromatic N) is 2. The Morgan fingerprint density at radius 2 is 1.46 bits per heavy atom. The van der Waals surface area contributed by atoms with E-state index in [4.69, 9.17) is 0 Å². The van der Waals surface area contributed by atoms with Crippen molar-refractivity contribution in [2.24, 2.45) is 0 Å². The van der Waals surface area contributed by atoms with E-state index in [2.05, 4.69) is 81.8 Å². The van der Waals surface area contributed by atoms with Crippen molar-refractivity contribution in [1.29, 1.82) is 0 Å². The van der Waals surface area contributed by atoms with Crippen LogP contribution in [0.15, 0.2) is 30.3 Å². The summed E-state index contributed by atoms with van der Waals surface area (Å²) < 4.78 is 3.52. The van der Waals surface area contributed by atoms with Gasteiger partial charge in [-0.15, -0.1) is 48.6 Å². The summed E-state index contributed by atoms with van der Waals surface area (Å²) in [6.45, 7) is 4.41. The van der Waals surface area contributed by atoms with Gasteiger partial charge >= 0.3 is 19.5 Å². The van der Waals surface area contributed by atoms with E-state index in [1.807, 2.05) is 11.3 Å². The maximum Gasteiger partial charge on any atom is 2.00 e. The van der Waals surface area contributed by atoms with Gasteiger partial charge in [0.1, 0.15) is 14.1 Å². The number of rotatable bonds is 1. The molecule has 2 nitrogen and oxygen atoms in total. The Bertz CT molecular complexity index is 919. The van der Waals surface area contributed by atoms with Crippen LogP contribution in [0.5, 0.6) is 0 Å². The minimum Gasteiger partial charge on any atom is -0.378 e. The molecular formula is C19H26Cl3N2SZn+3. The first-order chi connectivity index (χ1) is 10.4. The van der Waals surface area contributed by atoms with Gasteiger partial charge in [-0.3, -0.25) is 0 Å².